The van der Waals surface area contributed by atoms with Crippen LogP contribution in [-0.2, 0) is 12.1 Å². The number of aliphatic hydroxyl groups is 1. The van der Waals surface area contributed by atoms with Crippen LogP contribution >= 0.6 is 0 Å². The van der Waals surface area contributed by atoms with Crippen molar-refractivity contribution in [3.8, 4) is 11.5 Å². The van der Waals surface area contributed by atoms with Crippen molar-refractivity contribution in [1.82, 2.24) is 14.8 Å². The molecule has 2 atom stereocenters. The van der Waals surface area contributed by atoms with Crippen molar-refractivity contribution >= 4 is 0 Å². The van der Waals surface area contributed by atoms with Gasteiger partial charge in [0.2, 0.25) is 5.89 Å². The van der Waals surface area contributed by atoms with E-state index in [-0.39, 0.29) is 6.04 Å². The summed E-state index contributed by atoms with van der Waals surface area (Å²) < 4.78 is 5.73. The lowest BCUT2D eigenvalue weighted by molar-refractivity contribution is -0.0960. The number of likely N-dealkylation sites (tertiary alicyclic amines) is 2. The lowest BCUT2D eigenvalue weighted by Gasteiger charge is -2.48. The minimum atomic E-state index is -0.804. The molecule has 5 rings (SSSR count). The molecule has 2 fully saturated rings. The third-order valence-corrected chi connectivity index (χ3v) is 6.60. The fourth-order valence-electron chi connectivity index (χ4n) is 4.98. The maximum Gasteiger partial charge on any atom is 0.226 e. The van der Waals surface area contributed by atoms with E-state index in [1.165, 1.54) is 12.8 Å². The van der Waals surface area contributed by atoms with Crippen molar-refractivity contribution in [3.63, 3.8) is 0 Å². The van der Waals surface area contributed by atoms with Gasteiger partial charge in [0, 0.05) is 25.2 Å². The molecular formula is C25H29N3O2. The first-order valence-electron chi connectivity index (χ1n) is 11.0. The van der Waals surface area contributed by atoms with Crippen LogP contribution < -0.4 is 0 Å². The van der Waals surface area contributed by atoms with Crippen LogP contribution in [0.4, 0.5) is 0 Å². The quantitative estimate of drug-likeness (QED) is 0.700. The van der Waals surface area contributed by atoms with Gasteiger partial charge in [0.05, 0.1) is 11.7 Å². The van der Waals surface area contributed by atoms with Crippen LogP contribution in [0.5, 0.6) is 0 Å². The molecule has 156 valence electrons. The lowest BCUT2D eigenvalue weighted by Crippen LogP contribution is -2.60. The molecule has 2 aliphatic rings. The Bertz CT molecular complexity index is 953. The first kappa shape index (κ1) is 19.5. The van der Waals surface area contributed by atoms with Crippen LogP contribution in [0.15, 0.2) is 71.3 Å². The van der Waals surface area contributed by atoms with Gasteiger partial charge in [0.25, 0.3) is 0 Å². The van der Waals surface area contributed by atoms with E-state index in [0.717, 1.165) is 56.0 Å². The van der Waals surface area contributed by atoms with Crippen molar-refractivity contribution in [2.45, 2.75) is 37.5 Å². The van der Waals surface area contributed by atoms with E-state index in [4.69, 9.17) is 9.40 Å². The summed E-state index contributed by atoms with van der Waals surface area (Å²) in [5.41, 5.74) is 2.17. The van der Waals surface area contributed by atoms with Crippen molar-refractivity contribution in [1.29, 1.82) is 0 Å². The van der Waals surface area contributed by atoms with Crippen LogP contribution in [0, 0.1) is 0 Å². The van der Waals surface area contributed by atoms with Crippen LogP contribution in [0.25, 0.3) is 11.5 Å². The van der Waals surface area contributed by atoms with Gasteiger partial charge in [-0.2, -0.15) is 0 Å². The zero-order valence-corrected chi connectivity index (χ0v) is 17.3. The second-order valence-electron chi connectivity index (χ2n) is 8.54. The first-order valence-corrected chi connectivity index (χ1v) is 11.0. The van der Waals surface area contributed by atoms with E-state index in [1.807, 2.05) is 48.5 Å². The Balaban J connectivity index is 1.34. The van der Waals surface area contributed by atoms with E-state index in [9.17, 15) is 5.11 Å². The van der Waals surface area contributed by atoms with Crippen LogP contribution in [0.1, 0.15) is 30.5 Å². The smallest absolute Gasteiger partial charge is 0.226 e. The van der Waals surface area contributed by atoms with Crippen molar-refractivity contribution < 1.29 is 9.52 Å². The summed E-state index contributed by atoms with van der Waals surface area (Å²) in [4.78, 5) is 9.60. The maximum atomic E-state index is 11.8. The number of piperidine rings is 1. The van der Waals surface area contributed by atoms with Gasteiger partial charge in [-0.1, -0.05) is 48.5 Å². The molecule has 0 saturated carbocycles. The molecule has 5 heteroatoms. The van der Waals surface area contributed by atoms with Crippen LogP contribution in [0.2, 0.25) is 0 Å². The van der Waals surface area contributed by atoms with Crippen molar-refractivity contribution in [2.75, 3.05) is 26.2 Å². The second-order valence-corrected chi connectivity index (χ2v) is 8.54. The molecule has 3 aromatic rings. The number of benzene rings is 2. The molecule has 3 heterocycles. The largest absolute Gasteiger partial charge is 0.444 e. The van der Waals surface area contributed by atoms with Gasteiger partial charge < -0.3 is 9.52 Å². The van der Waals surface area contributed by atoms with Crippen LogP contribution in [0.3, 0.4) is 0 Å². The number of nitrogens with zero attached hydrogens (tertiary/aromatic N) is 3. The zero-order valence-electron chi connectivity index (χ0n) is 17.3. The summed E-state index contributed by atoms with van der Waals surface area (Å²) >= 11 is 0. The number of hydrogen-bond donors (Lipinski definition) is 1. The number of hydrogen-bond acceptors (Lipinski definition) is 5. The fourth-order valence-corrected chi connectivity index (χ4v) is 4.98. The van der Waals surface area contributed by atoms with Gasteiger partial charge >= 0.3 is 0 Å². The third kappa shape index (κ3) is 3.81. The molecule has 1 aromatic heterocycles. The molecule has 2 saturated heterocycles. The predicted molar refractivity (Wildman–Crippen MR) is 117 cm³/mol. The Morgan fingerprint density at radius 1 is 0.967 bits per heavy atom. The van der Waals surface area contributed by atoms with E-state index < -0.39 is 5.60 Å². The Hall–Kier alpha value is -2.47. The highest BCUT2D eigenvalue weighted by atomic mass is 16.3. The van der Waals surface area contributed by atoms with Gasteiger partial charge in [-0.25, -0.2) is 4.98 Å². The topological polar surface area (TPSA) is 52.7 Å². The van der Waals surface area contributed by atoms with Gasteiger partial charge in [-0.3, -0.25) is 9.80 Å². The van der Waals surface area contributed by atoms with Gasteiger partial charge in [-0.05, 0) is 50.0 Å². The Morgan fingerprint density at radius 2 is 1.67 bits per heavy atom. The van der Waals surface area contributed by atoms with Gasteiger partial charge in [0.1, 0.15) is 11.9 Å². The minimum Gasteiger partial charge on any atom is -0.444 e. The van der Waals surface area contributed by atoms with E-state index in [0.29, 0.717) is 5.89 Å². The molecule has 5 nitrogen and oxygen atoms in total. The number of oxazole rings is 1. The predicted octanol–water partition coefficient (Wildman–Crippen LogP) is 3.90. The highest BCUT2D eigenvalue weighted by Crippen LogP contribution is 2.37. The van der Waals surface area contributed by atoms with E-state index >= 15 is 0 Å². The average Bonchev–Trinajstić information content (AvgIpc) is 3.49. The van der Waals surface area contributed by atoms with Gasteiger partial charge in [0.15, 0.2) is 0 Å². The first-order chi connectivity index (χ1) is 14.7. The second kappa shape index (κ2) is 8.34. The average molecular weight is 404 g/mol. The molecule has 30 heavy (non-hydrogen) atoms. The standard InChI is InChI=1S/C25H29N3O2/c29-25(21-11-5-2-6-12-21)13-16-27(18-23(25)28-14-7-8-15-28)17-22-19-30-24(26-22)20-9-3-1-4-10-20/h1-6,9-12,19,23,29H,7-8,13-18H2/t23-,25+/m1/s1. The molecule has 2 aliphatic heterocycles. The SMILES string of the molecule is O[C@]1(c2ccccc2)CCN(Cc2coc(-c3ccccc3)n2)C[C@H]1N1CCCC1. The van der Waals surface area contributed by atoms with Gasteiger partial charge in [-0.15, -0.1) is 0 Å². The van der Waals surface area contributed by atoms with Crippen LogP contribution in [-0.4, -0.2) is 52.1 Å². The highest BCUT2D eigenvalue weighted by Gasteiger charge is 2.46. The molecule has 0 radical (unpaired) electrons. The molecule has 0 unspecified atom stereocenters. The monoisotopic (exact) mass is 403 g/mol. The Morgan fingerprint density at radius 3 is 2.40 bits per heavy atom. The molecule has 0 spiro atoms. The zero-order chi connectivity index (χ0) is 20.4. The summed E-state index contributed by atoms with van der Waals surface area (Å²) in [6.07, 6.45) is 4.92. The Labute approximate surface area is 178 Å². The normalized spacial score (nSPS) is 25.6. The summed E-state index contributed by atoms with van der Waals surface area (Å²) in [7, 11) is 0. The fraction of sp³-hybridized carbons (Fsp3) is 0.400. The maximum absolute atomic E-state index is 11.8. The molecule has 0 aliphatic carbocycles. The molecule has 1 N–H and O–H groups in total. The van der Waals surface area contributed by atoms with E-state index in [2.05, 4.69) is 21.9 Å². The minimum absolute atomic E-state index is 0.0941. The highest BCUT2D eigenvalue weighted by molar-refractivity contribution is 5.52. The number of aromatic nitrogens is 1. The molecule has 0 amide bonds. The number of rotatable bonds is 5. The molecule has 0 bridgehead atoms. The Kier molecular flexibility index (Phi) is 5.42. The van der Waals surface area contributed by atoms with Crippen molar-refractivity contribution in [3.05, 3.63) is 78.2 Å². The summed E-state index contributed by atoms with van der Waals surface area (Å²) in [5, 5.41) is 11.8. The van der Waals surface area contributed by atoms with Crippen molar-refractivity contribution in [2.24, 2.45) is 0 Å². The third-order valence-electron chi connectivity index (χ3n) is 6.60. The molecular weight excluding hydrogens is 374 g/mol. The summed E-state index contributed by atoms with van der Waals surface area (Å²) in [5.74, 6) is 0.666. The molecule has 2 aromatic carbocycles. The van der Waals surface area contributed by atoms with E-state index in [1.54, 1.807) is 6.26 Å². The summed E-state index contributed by atoms with van der Waals surface area (Å²) in [6.45, 7) is 4.54. The summed E-state index contributed by atoms with van der Waals surface area (Å²) in [6, 6.07) is 20.3. The lowest BCUT2D eigenvalue weighted by atomic mass is 9.79.